The molecule has 0 bridgehead atoms. The molecule has 98 valence electrons. The lowest BCUT2D eigenvalue weighted by molar-refractivity contribution is -0.116. The number of nitrogens with one attached hydrogen (secondary N) is 1. The average Bonchev–Trinajstić information content (AvgIpc) is 2.47. The van der Waals surface area contributed by atoms with E-state index >= 15 is 0 Å². The zero-order valence-corrected chi connectivity index (χ0v) is 10.8. The van der Waals surface area contributed by atoms with Crippen molar-refractivity contribution in [2.75, 3.05) is 12.4 Å². The number of nitrogens with zero attached hydrogens (tertiary/aromatic N) is 1. The summed E-state index contributed by atoms with van der Waals surface area (Å²) in [7, 11) is 1.64. The second kappa shape index (κ2) is 6.54. The minimum atomic E-state index is 0.00187. The van der Waals surface area contributed by atoms with Gasteiger partial charge in [-0.15, -0.1) is 0 Å². The molecular weight excluding hydrogens is 240 g/mol. The third-order valence-corrected chi connectivity index (χ3v) is 2.76. The van der Waals surface area contributed by atoms with Gasteiger partial charge in [0.1, 0.15) is 5.75 Å². The number of carbonyl (C=O) groups excluding carboxylic acids is 1. The molecule has 19 heavy (non-hydrogen) atoms. The van der Waals surface area contributed by atoms with Crippen molar-refractivity contribution in [3.8, 4) is 5.75 Å². The van der Waals surface area contributed by atoms with Gasteiger partial charge in [-0.05, 0) is 36.2 Å². The lowest BCUT2D eigenvalue weighted by Gasteiger charge is -2.05. The normalized spacial score (nSPS) is 9.95. The summed E-state index contributed by atoms with van der Waals surface area (Å²) in [6, 6.07) is 11.3. The van der Waals surface area contributed by atoms with Crippen LogP contribution >= 0.6 is 0 Å². The van der Waals surface area contributed by atoms with Gasteiger partial charge in [-0.3, -0.25) is 9.78 Å². The number of benzene rings is 1. The van der Waals surface area contributed by atoms with Crippen LogP contribution in [0.15, 0.2) is 48.8 Å². The van der Waals surface area contributed by atoms with Gasteiger partial charge < -0.3 is 10.1 Å². The van der Waals surface area contributed by atoms with Crippen LogP contribution in [0, 0.1) is 0 Å². The molecule has 4 nitrogen and oxygen atoms in total. The maximum atomic E-state index is 11.8. The lowest BCUT2D eigenvalue weighted by atomic mass is 10.1. The molecule has 0 aliphatic heterocycles. The standard InChI is InChI=1S/C15H16N2O2/c1-19-14-5-2-12(3-6-14)4-7-15(18)17-13-8-10-16-11-9-13/h2-3,5-6,8-11H,4,7H2,1H3,(H,16,17,18). The van der Waals surface area contributed by atoms with Crippen LogP contribution in [0.3, 0.4) is 0 Å². The van der Waals surface area contributed by atoms with Gasteiger partial charge in [0.15, 0.2) is 0 Å². The summed E-state index contributed by atoms with van der Waals surface area (Å²) in [6.45, 7) is 0. The first-order valence-electron chi connectivity index (χ1n) is 6.11. The number of hydrogen-bond donors (Lipinski definition) is 1. The van der Waals surface area contributed by atoms with Gasteiger partial charge in [-0.1, -0.05) is 12.1 Å². The van der Waals surface area contributed by atoms with E-state index in [1.165, 1.54) is 0 Å². The number of ether oxygens (including phenoxy) is 1. The van der Waals surface area contributed by atoms with Crippen LogP contribution in [0.5, 0.6) is 5.75 Å². The summed E-state index contributed by atoms with van der Waals surface area (Å²) in [5.41, 5.74) is 1.89. The summed E-state index contributed by atoms with van der Waals surface area (Å²) in [6.07, 6.45) is 4.47. The van der Waals surface area contributed by atoms with Gasteiger partial charge in [0.25, 0.3) is 0 Å². The van der Waals surface area contributed by atoms with Crippen molar-refractivity contribution >= 4 is 11.6 Å². The molecular formula is C15H16N2O2. The number of rotatable bonds is 5. The molecule has 1 heterocycles. The third kappa shape index (κ3) is 4.10. The molecule has 1 aromatic carbocycles. The molecule has 0 fully saturated rings. The highest BCUT2D eigenvalue weighted by Gasteiger charge is 2.03. The molecule has 1 N–H and O–H groups in total. The summed E-state index contributed by atoms with van der Waals surface area (Å²) < 4.78 is 5.09. The molecule has 0 aliphatic carbocycles. The highest BCUT2D eigenvalue weighted by molar-refractivity contribution is 5.90. The Morgan fingerprint density at radius 3 is 2.47 bits per heavy atom. The second-order valence-electron chi connectivity index (χ2n) is 4.13. The van der Waals surface area contributed by atoms with Crippen LogP contribution < -0.4 is 10.1 Å². The molecule has 0 radical (unpaired) electrons. The number of carbonyl (C=O) groups is 1. The van der Waals surface area contributed by atoms with E-state index in [0.29, 0.717) is 12.8 Å². The highest BCUT2D eigenvalue weighted by atomic mass is 16.5. The summed E-state index contributed by atoms with van der Waals surface area (Å²) in [4.78, 5) is 15.7. The molecule has 2 aromatic rings. The Kier molecular flexibility index (Phi) is 4.50. The fourth-order valence-corrected chi connectivity index (χ4v) is 1.71. The Hall–Kier alpha value is -2.36. The summed E-state index contributed by atoms with van der Waals surface area (Å²) >= 11 is 0. The first-order valence-corrected chi connectivity index (χ1v) is 6.11. The van der Waals surface area contributed by atoms with Crippen LogP contribution in [-0.2, 0) is 11.2 Å². The molecule has 0 atom stereocenters. The SMILES string of the molecule is COc1ccc(CCC(=O)Nc2ccncc2)cc1. The molecule has 0 saturated heterocycles. The predicted octanol–water partition coefficient (Wildman–Crippen LogP) is 2.66. The van der Waals surface area contributed by atoms with E-state index in [-0.39, 0.29) is 5.91 Å². The number of pyridine rings is 1. The fraction of sp³-hybridized carbons (Fsp3) is 0.200. The molecule has 0 unspecified atom stereocenters. The molecule has 0 saturated carbocycles. The van der Waals surface area contributed by atoms with Crippen molar-refractivity contribution in [2.24, 2.45) is 0 Å². The van der Waals surface area contributed by atoms with Crippen LogP contribution in [-0.4, -0.2) is 18.0 Å². The van der Waals surface area contributed by atoms with E-state index in [4.69, 9.17) is 4.74 Å². The zero-order chi connectivity index (χ0) is 13.5. The highest BCUT2D eigenvalue weighted by Crippen LogP contribution is 2.13. The van der Waals surface area contributed by atoms with E-state index in [1.807, 2.05) is 24.3 Å². The van der Waals surface area contributed by atoms with Crippen LogP contribution in [0.25, 0.3) is 0 Å². The maximum Gasteiger partial charge on any atom is 0.224 e. The largest absolute Gasteiger partial charge is 0.497 e. The van der Waals surface area contributed by atoms with E-state index in [9.17, 15) is 4.79 Å². The maximum absolute atomic E-state index is 11.8. The number of anilines is 1. The van der Waals surface area contributed by atoms with Gasteiger partial charge in [0.2, 0.25) is 5.91 Å². The van der Waals surface area contributed by atoms with Gasteiger partial charge >= 0.3 is 0 Å². The Bertz CT molecular complexity index is 524. The van der Waals surface area contributed by atoms with Crippen molar-refractivity contribution in [2.45, 2.75) is 12.8 Å². The average molecular weight is 256 g/mol. The minimum Gasteiger partial charge on any atom is -0.497 e. The zero-order valence-electron chi connectivity index (χ0n) is 10.8. The van der Waals surface area contributed by atoms with Crippen molar-refractivity contribution in [3.63, 3.8) is 0 Å². The number of methoxy groups -OCH3 is 1. The molecule has 1 amide bonds. The van der Waals surface area contributed by atoms with Gasteiger partial charge in [-0.25, -0.2) is 0 Å². The molecule has 2 rings (SSSR count). The van der Waals surface area contributed by atoms with Crippen molar-refractivity contribution in [1.82, 2.24) is 4.98 Å². The van der Waals surface area contributed by atoms with Crippen molar-refractivity contribution in [3.05, 3.63) is 54.4 Å². The molecule has 0 spiro atoms. The molecule has 1 aromatic heterocycles. The number of hydrogen-bond acceptors (Lipinski definition) is 3. The van der Waals surface area contributed by atoms with E-state index in [0.717, 1.165) is 17.0 Å². The summed E-state index contributed by atoms with van der Waals surface area (Å²) in [5, 5.41) is 2.83. The third-order valence-electron chi connectivity index (χ3n) is 2.76. The Balaban J connectivity index is 1.83. The summed E-state index contributed by atoms with van der Waals surface area (Å²) in [5.74, 6) is 0.826. The van der Waals surface area contributed by atoms with E-state index in [2.05, 4.69) is 10.3 Å². The number of amides is 1. The smallest absolute Gasteiger partial charge is 0.224 e. The quantitative estimate of drug-likeness (QED) is 0.894. The lowest BCUT2D eigenvalue weighted by Crippen LogP contribution is -2.12. The monoisotopic (exact) mass is 256 g/mol. The fourth-order valence-electron chi connectivity index (χ4n) is 1.71. The van der Waals surface area contributed by atoms with Gasteiger partial charge in [0.05, 0.1) is 7.11 Å². The Morgan fingerprint density at radius 2 is 1.84 bits per heavy atom. The van der Waals surface area contributed by atoms with Crippen LogP contribution in [0.2, 0.25) is 0 Å². The molecule has 0 aliphatic rings. The predicted molar refractivity (Wildman–Crippen MR) is 74.2 cm³/mol. The number of aryl methyl sites for hydroxylation is 1. The van der Waals surface area contributed by atoms with Gasteiger partial charge in [0, 0.05) is 24.5 Å². The van der Waals surface area contributed by atoms with Crippen LogP contribution in [0.4, 0.5) is 5.69 Å². The minimum absolute atomic E-state index is 0.00187. The first-order chi connectivity index (χ1) is 9.28. The first kappa shape index (κ1) is 13.1. The Labute approximate surface area is 112 Å². The van der Waals surface area contributed by atoms with E-state index < -0.39 is 0 Å². The Morgan fingerprint density at radius 1 is 1.16 bits per heavy atom. The van der Waals surface area contributed by atoms with Crippen molar-refractivity contribution < 1.29 is 9.53 Å². The molecule has 4 heteroatoms. The topological polar surface area (TPSA) is 51.2 Å². The van der Waals surface area contributed by atoms with Crippen molar-refractivity contribution in [1.29, 1.82) is 0 Å². The number of aromatic nitrogens is 1. The van der Waals surface area contributed by atoms with Gasteiger partial charge in [-0.2, -0.15) is 0 Å². The van der Waals surface area contributed by atoms with E-state index in [1.54, 1.807) is 31.6 Å². The second-order valence-corrected chi connectivity index (χ2v) is 4.13. The van der Waals surface area contributed by atoms with Crippen LogP contribution in [0.1, 0.15) is 12.0 Å².